The summed E-state index contributed by atoms with van der Waals surface area (Å²) in [5.74, 6) is 0.225. The van der Waals surface area contributed by atoms with Gasteiger partial charge in [0.1, 0.15) is 0 Å². The van der Waals surface area contributed by atoms with E-state index in [1.54, 1.807) is 0 Å². The van der Waals surface area contributed by atoms with Crippen LogP contribution in [0.3, 0.4) is 0 Å². The average Bonchev–Trinajstić information content (AvgIpc) is 2.45. The van der Waals surface area contributed by atoms with Crippen LogP contribution >= 0.6 is 15.9 Å². The molecule has 0 aliphatic carbocycles. The van der Waals surface area contributed by atoms with Crippen LogP contribution in [0.5, 0.6) is 0 Å². The minimum atomic E-state index is 0.225. The predicted molar refractivity (Wildman–Crippen MR) is 86.2 cm³/mol. The van der Waals surface area contributed by atoms with Gasteiger partial charge in [0.25, 0.3) is 0 Å². The Morgan fingerprint density at radius 2 is 2.10 bits per heavy atom. The number of rotatable bonds is 5. The number of halogens is 1. The SMILES string of the molecule is CCN1CCN(CCC(=O)c2ccccc2Br)CC1C. The molecule has 1 atom stereocenters. The maximum atomic E-state index is 12.2. The molecule has 1 aliphatic rings. The third-order valence-electron chi connectivity index (χ3n) is 4.08. The first kappa shape index (κ1) is 15.7. The molecule has 2 rings (SSSR count). The fourth-order valence-electron chi connectivity index (χ4n) is 2.83. The van der Waals surface area contributed by atoms with Crippen molar-refractivity contribution in [2.75, 3.05) is 32.7 Å². The first-order chi connectivity index (χ1) is 9.61. The highest BCUT2D eigenvalue weighted by molar-refractivity contribution is 9.10. The van der Waals surface area contributed by atoms with Crippen LogP contribution in [-0.4, -0.2) is 54.3 Å². The van der Waals surface area contributed by atoms with E-state index in [0.29, 0.717) is 12.5 Å². The summed E-state index contributed by atoms with van der Waals surface area (Å²) >= 11 is 3.45. The van der Waals surface area contributed by atoms with Crippen molar-refractivity contribution in [2.24, 2.45) is 0 Å². The maximum Gasteiger partial charge on any atom is 0.165 e. The van der Waals surface area contributed by atoms with E-state index in [-0.39, 0.29) is 5.78 Å². The smallest absolute Gasteiger partial charge is 0.165 e. The van der Waals surface area contributed by atoms with Gasteiger partial charge in [0.05, 0.1) is 0 Å². The number of likely N-dealkylation sites (N-methyl/N-ethyl adjacent to an activating group) is 1. The highest BCUT2D eigenvalue weighted by Crippen LogP contribution is 2.18. The van der Waals surface area contributed by atoms with E-state index >= 15 is 0 Å². The van der Waals surface area contributed by atoms with Crippen LogP contribution in [0.25, 0.3) is 0 Å². The molecule has 0 N–H and O–H groups in total. The molecule has 4 heteroatoms. The topological polar surface area (TPSA) is 23.6 Å². The van der Waals surface area contributed by atoms with Crippen molar-refractivity contribution in [2.45, 2.75) is 26.3 Å². The van der Waals surface area contributed by atoms with Crippen LogP contribution in [0, 0.1) is 0 Å². The number of carbonyl (C=O) groups is 1. The second-order valence-corrected chi connectivity index (χ2v) is 6.29. The van der Waals surface area contributed by atoms with E-state index in [0.717, 1.165) is 42.8 Å². The Bertz CT molecular complexity index is 464. The molecule has 1 aromatic carbocycles. The summed E-state index contributed by atoms with van der Waals surface area (Å²) in [4.78, 5) is 17.1. The quantitative estimate of drug-likeness (QED) is 0.771. The predicted octanol–water partition coefficient (Wildman–Crippen LogP) is 3.05. The van der Waals surface area contributed by atoms with Crippen molar-refractivity contribution in [1.82, 2.24) is 9.80 Å². The maximum absolute atomic E-state index is 12.2. The normalized spacial score (nSPS) is 21.1. The zero-order chi connectivity index (χ0) is 14.5. The van der Waals surface area contributed by atoms with Gasteiger partial charge in [-0.1, -0.05) is 41.1 Å². The molecule has 0 saturated carbocycles. The van der Waals surface area contributed by atoms with E-state index in [1.807, 2.05) is 24.3 Å². The summed E-state index contributed by atoms with van der Waals surface area (Å²) in [6, 6.07) is 8.26. The molecule has 1 aromatic rings. The largest absolute Gasteiger partial charge is 0.300 e. The summed E-state index contributed by atoms with van der Waals surface area (Å²) in [7, 11) is 0. The number of ketones is 1. The zero-order valence-corrected chi connectivity index (χ0v) is 13.9. The molecule has 20 heavy (non-hydrogen) atoms. The molecule has 0 aromatic heterocycles. The first-order valence-corrected chi connectivity index (χ1v) is 8.15. The monoisotopic (exact) mass is 338 g/mol. The number of benzene rings is 1. The zero-order valence-electron chi connectivity index (χ0n) is 12.3. The molecular formula is C16H23BrN2O. The average molecular weight is 339 g/mol. The van der Waals surface area contributed by atoms with Gasteiger partial charge in [-0.05, 0) is 19.5 Å². The number of hydrogen-bond acceptors (Lipinski definition) is 3. The highest BCUT2D eigenvalue weighted by Gasteiger charge is 2.22. The number of nitrogens with zero attached hydrogens (tertiary/aromatic N) is 2. The highest BCUT2D eigenvalue weighted by atomic mass is 79.9. The van der Waals surface area contributed by atoms with E-state index in [2.05, 4.69) is 39.6 Å². The lowest BCUT2D eigenvalue weighted by Crippen LogP contribution is -2.51. The van der Waals surface area contributed by atoms with Gasteiger partial charge >= 0.3 is 0 Å². The van der Waals surface area contributed by atoms with Gasteiger partial charge < -0.3 is 4.90 Å². The molecule has 0 radical (unpaired) electrons. The van der Waals surface area contributed by atoms with Crippen molar-refractivity contribution in [3.63, 3.8) is 0 Å². The summed E-state index contributed by atoms with van der Waals surface area (Å²) in [5, 5.41) is 0. The van der Waals surface area contributed by atoms with Gasteiger partial charge in [-0.15, -0.1) is 0 Å². The Labute approximate surface area is 130 Å². The minimum Gasteiger partial charge on any atom is -0.300 e. The van der Waals surface area contributed by atoms with Crippen molar-refractivity contribution in [3.8, 4) is 0 Å². The lowest BCUT2D eigenvalue weighted by Gasteiger charge is -2.39. The van der Waals surface area contributed by atoms with Crippen LogP contribution in [0.4, 0.5) is 0 Å². The number of hydrogen-bond donors (Lipinski definition) is 0. The van der Waals surface area contributed by atoms with Crippen LogP contribution in [0.15, 0.2) is 28.7 Å². The summed E-state index contributed by atoms with van der Waals surface area (Å²) < 4.78 is 0.897. The van der Waals surface area contributed by atoms with Crippen LogP contribution < -0.4 is 0 Å². The molecular weight excluding hydrogens is 316 g/mol. The summed E-state index contributed by atoms with van der Waals surface area (Å²) in [6.45, 7) is 9.71. The number of Topliss-reactive ketones (excluding diaryl/α,β-unsaturated/α-hetero) is 1. The molecule has 0 bridgehead atoms. The Balaban J connectivity index is 1.84. The molecule has 0 amide bonds. The molecule has 1 heterocycles. The van der Waals surface area contributed by atoms with E-state index in [9.17, 15) is 4.79 Å². The van der Waals surface area contributed by atoms with Gasteiger partial charge in [0.2, 0.25) is 0 Å². The number of piperazine rings is 1. The van der Waals surface area contributed by atoms with Crippen molar-refractivity contribution < 1.29 is 4.79 Å². The third kappa shape index (κ3) is 3.90. The lowest BCUT2D eigenvalue weighted by molar-refractivity contribution is 0.0795. The fraction of sp³-hybridized carbons (Fsp3) is 0.562. The fourth-order valence-corrected chi connectivity index (χ4v) is 3.33. The van der Waals surface area contributed by atoms with E-state index < -0.39 is 0 Å². The van der Waals surface area contributed by atoms with Gasteiger partial charge in [0.15, 0.2) is 5.78 Å². The Hall–Kier alpha value is -0.710. The van der Waals surface area contributed by atoms with Crippen molar-refractivity contribution in [1.29, 1.82) is 0 Å². The van der Waals surface area contributed by atoms with E-state index in [1.165, 1.54) is 0 Å². The third-order valence-corrected chi connectivity index (χ3v) is 4.78. The van der Waals surface area contributed by atoms with Crippen LogP contribution in [0.2, 0.25) is 0 Å². The Morgan fingerprint density at radius 3 is 2.75 bits per heavy atom. The minimum absolute atomic E-state index is 0.225. The van der Waals surface area contributed by atoms with Gasteiger partial charge in [-0.3, -0.25) is 9.69 Å². The Morgan fingerprint density at radius 1 is 1.35 bits per heavy atom. The lowest BCUT2D eigenvalue weighted by atomic mass is 10.1. The second kappa shape index (κ2) is 7.34. The molecule has 1 saturated heterocycles. The van der Waals surface area contributed by atoms with E-state index in [4.69, 9.17) is 0 Å². The van der Waals surface area contributed by atoms with Gasteiger partial charge in [0, 0.05) is 48.7 Å². The Kier molecular flexibility index (Phi) is 5.75. The van der Waals surface area contributed by atoms with Crippen molar-refractivity contribution in [3.05, 3.63) is 34.3 Å². The van der Waals surface area contributed by atoms with Crippen LogP contribution in [-0.2, 0) is 0 Å². The standard InChI is InChI=1S/C16H23BrN2O/c1-3-19-11-10-18(12-13(19)2)9-8-16(20)14-6-4-5-7-15(14)17/h4-7,13H,3,8-12H2,1-2H3. The summed E-state index contributed by atoms with van der Waals surface area (Å²) in [5.41, 5.74) is 0.799. The molecule has 0 spiro atoms. The second-order valence-electron chi connectivity index (χ2n) is 5.43. The van der Waals surface area contributed by atoms with Gasteiger partial charge in [-0.2, -0.15) is 0 Å². The molecule has 1 aliphatic heterocycles. The molecule has 3 nitrogen and oxygen atoms in total. The van der Waals surface area contributed by atoms with Gasteiger partial charge in [-0.25, -0.2) is 0 Å². The first-order valence-electron chi connectivity index (χ1n) is 7.36. The van der Waals surface area contributed by atoms with Crippen LogP contribution in [0.1, 0.15) is 30.6 Å². The van der Waals surface area contributed by atoms with Crippen molar-refractivity contribution >= 4 is 21.7 Å². The summed E-state index contributed by atoms with van der Waals surface area (Å²) in [6.07, 6.45) is 0.599. The molecule has 1 unspecified atom stereocenters. The number of carbonyl (C=O) groups excluding carboxylic acids is 1. The molecule has 110 valence electrons. The molecule has 1 fully saturated rings.